The number of carbonyl (C=O) groups is 1. The van der Waals surface area contributed by atoms with E-state index in [-0.39, 0.29) is 11.7 Å². The molecule has 0 amide bonds. The Kier molecular flexibility index (Phi) is 6.27. The fraction of sp³-hybridized carbons (Fsp3) is 0.643. The van der Waals surface area contributed by atoms with Crippen molar-refractivity contribution in [2.45, 2.75) is 52.6 Å². The molecule has 2 nitrogen and oxygen atoms in total. The minimum absolute atomic E-state index is 0.0151. The summed E-state index contributed by atoms with van der Waals surface area (Å²) in [5.41, 5.74) is 0.361. The third-order valence-electron chi connectivity index (χ3n) is 2.82. The van der Waals surface area contributed by atoms with Gasteiger partial charge in [0.25, 0.3) is 0 Å². The van der Waals surface area contributed by atoms with Crippen molar-refractivity contribution in [2.75, 3.05) is 0 Å². The van der Waals surface area contributed by atoms with Crippen LogP contribution in [0.2, 0.25) is 0 Å². The lowest BCUT2D eigenvalue weighted by molar-refractivity contribution is -0.121. The topological polar surface area (TPSA) is 37.3 Å². The van der Waals surface area contributed by atoms with E-state index in [1.54, 1.807) is 13.8 Å². The average molecular weight is 224 g/mol. The van der Waals surface area contributed by atoms with Crippen LogP contribution in [0.1, 0.15) is 47.0 Å². The molecule has 0 radical (unpaired) electrons. The standard InChI is InChI=1S/C14H24O2/c1-6-14(5,16)10-9-13(12(4)15)8-7-11(2)3/h6-7,13,16H,1,8-10H2,2-5H3/t13-,14?/m0/s1. The lowest BCUT2D eigenvalue weighted by Gasteiger charge is -2.21. The van der Waals surface area contributed by atoms with Crippen molar-refractivity contribution in [2.24, 2.45) is 5.92 Å². The van der Waals surface area contributed by atoms with Crippen LogP contribution in [0.15, 0.2) is 24.3 Å². The summed E-state index contributed by atoms with van der Waals surface area (Å²) in [7, 11) is 0. The van der Waals surface area contributed by atoms with Gasteiger partial charge in [0.2, 0.25) is 0 Å². The second kappa shape index (κ2) is 6.64. The molecule has 0 aliphatic rings. The molecule has 0 saturated heterocycles. The summed E-state index contributed by atoms with van der Waals surface area (Å²) < 4.78 is 0. The summed E-state index contributed by atoms with van der Waals surface area (Å²) in [5, 5.41) is 9.79. The van der Waals surface area contributed by atoms with E-state index in [0.717, 1.165) is 6.42 Å². The Morgan fingerprint density at radius 1 is 1.44 bits per heavy atom. The first kappa shape index (κ1) is 15.1. The number of aliphatic hydroxyl groups is 1. The highest BCUT2D eigenvalue weighted by Gasteiger charge is 2.20. The third kappa shape index (κ3) is 6.57. The highest BCUT2D eigenvalue weighted by atomic mass is 16.3. The highest BCUT2D eigenvalue weighted by Crippen LogP contribution is 2.21. The zero-order valence-corrected chi connectivity index (χ0v) is 10.9. The van der Waals surface area contributed by atoms with Gasteiger partial charge in [0.1, 0.15) is 5.78 Å². The maximum atomic E-state index is 11.4. The molecule has 1 unspecified atom stereocenters. The molecule has 0 spiro atoms. The lowest BCUT2D eigenvalue weighted by Crippen LogP contribution is -2.23. The Bertz CT molecular complexity index is 270. The second-order valence-corrected chi connectivity index (χ2v) is 4.92. The fourth-order valence-electron chi connectivity index (χ4n) is 1.43. The van der Waals surface area contributed by atoms with E-state index in [1.165, 1.54) is 11.6 Å². The molecule has 1 N–H and O–H groups in total. The fourth-order valence-corrected chi connectivity index (χ4v) is 1.43. The molecule has 0 heterocycles. The van der Waals surface area contributed by atoms with Crippen LogP contribution in [-0.4, -0.2) is 16.5 Å². The number of rotatable bonds is 7. The summed E-state index contributed by atoms with van der Waals surface area (Å²) in [4.78, 5) is 11.4. The first-order valence-electron chi connectivity index (χ1n) is 5.78. The van der Waals surface area contributed by atoms with E-state index < -0.39 is 5.60 Å². The van der Waals surface area contributed by atoms with Crippen molar-refractivity contribution in [3.8, 4) is 0 Å². The molecule has 0 aromatic rings. The average Bonchev–Trinajstić information content (AvgIpc) is 2.16. The number of carbonyl (C=O) groups excluding carboxylic acids is 1. The quantitative estimate of drug-likeness (QED) is 0.674. The van der Waals surface area contributed by atoms with Gasteiger partial charge in [-0.3, -0.25) is 4.79 Å². The summed E-state index contributed by atoms with van der Waals surface area (Å²) in [5.74, 6) is 0.207. The van der Waals surface area contributed by atoms with Gasteiger partial charge in [-0.2, -0.15) is 0 Å². The molecule has 0 aromatic heterocycles. The maximum absolute atomic E-state index is 11.4. The number of ketones is 1. The Morgan fingerprint density at radius 3 is 2.38 bits per heavy atom. The number of hydrogen-bond acceptors (Lipinski definition) is 2. The number of hydrogen-bond donors (Lipinski definition) is 1. The molecule has 92 valence electrons. The molecule has 0 aliphatic carbocycles. The van der Waals surface area contributed by atoms with Crippen molar-refractivity contribution in [1.82, 2.24) is 0 Å². The van der Waals surface area contributed by atoms with E-state index in [4.69, 9.17) is 0 Å². The van der Waals surface area contributed by atoms with E-state index in [9.17, 15) is 9.90 Å². The van der Waals surface area contributed by atoms with Crippen LogP contribution in [0.4, 0.5) is 0 Å². The van der Waals surface area contributed by atoms with Crippen molar-refractivity contribution >= 4 is 5.78 Å². The minimum atomic E-state index is -0.862. The maximum Gasteiger partial charge on any atom is 0.133 e. The smallest absolute Gasteiger partial charge is 0.133 e. The zero-order chi connectivity index (χ0) is 12.8. The second-order valence-electron chi connectivity index (χ2n) is 4.92. The Balaban J connectivity index is 4.31. The molecule has 0 aromatic carbocycles. The van der Waals surface area contributed by atoms with Gasteiger partial charge in [-0.05, 0) is 47.0 Å². The van der Waals surface area contributed by atoms with E-state index in [2.05, 4.69) is 12.7 Å². The van der Waals surface area contributed by atoms with Crippen LogP contribution in [0.5, 0.6) is 0 Å². The van der Waals surface area contributed by atoms with Crippen LogP contribution in [0.3, 0.4) is 0 Å². The SMILES string of the molecule is C=CC(C)(O)CC[C@H](CC=C(C)C)C(C)=O. The first-order chi connectivity index (χ1) is 7.28. The third-order valence-corrected chi connectivity index (χ3v) is 2.82. The Morgan fingerprint density at radius 2 is 2.00 bits per heavy atom. The summed E-state index contributed by atoms with van der Waals surface area (Å²) in [6.45, 7) is 11.0. The highest BCUT2D eigenvalue weighted by molar-refractivity contribution is 5.78. The van der Waals surface area contributed by atoms with Crippen LogP contribution in [0, 0.1) is 5.92 Å². The van der Waals surface area contributed by atoms with Gasteiger partial charge < -0.3 is 5.11 Å². The predicted octanol–water partition coefficient (Wildman–Crippen LogP) is 3.27. The minimum Gasteiger partial charge on any atom is -0.386 e. The normalized spacial score (nSPS) is 16.1. The van der Waals surface area contributed by atoms with Crippen molar-refractivity contribution in [3.63, 3.8) is 0 Å². The van der Waals surface area contributed by atoms with Gasteiger partial charge >= 0.3 is 0 Å². The van der Waals surface area contributed by atoms with Gasteiger partial charge in [-0.15, -0.1) is 6.58 Å². The van der Waals surface area contributed by atoms with E-state index in [1.807, 2.05) is 13.8 Å². The van der Waals surface area contributed by atoms with Crippen LogP contribution < -0.4 is 0 Å². The van der Waals surface area contributed by atoms with Crippen LogP contribution in [-0.2, 0) is 4.79 Å². The van der Waals surface area contributed by atoms with Crippen LogP contribution in [0.25, 0.3) is 0 Å². The molecular weight excluding hydrogens is 200 g/mol. The summed E-state index contributed by atoms with van der Waals surface area (Å²) >= 11 is 0. The van der Waals surface area contributed by atoms with Crippen molar-refractivity contribution in [3.05, 3.63) is 24.3 Å². The number of Topliss-reactive ketones (excluding diaryl/α,β-unsaturated/α-hetero) is 1. The van der Waals surface area contributed by atoms with E-state index in [0.29, 0.717) is 12.8 Å². The Hall–Kier alpha value is -0.890. The van der Waals surface area contributed by atoms with Gasteiger partial charge in [0.15, 0.2) is 0 Å². The van der Waals surface area contributed by atoms with Gasteiger partial charge in [0.05, 0.1) is 5.60 Å². The van der Waals surface area contributed by atoms with E-state index >= 15 is 0 Å². The molecule has 0 fully saturated rings. The lowest BCUT2D eigenvalue weighted by atomic mass is 9.89. The molecule has 2 heteroatoms. The number of allylic oxidation sites excluding steroid dienone is 2. The zero-order valence-electron chi connectivity index (χ0n) is 10.9. The predicted molar refractivity (Wildman–Crippen MR) is 68.3 cm³/mol. The molecule has 0 aliphatic heterocycles. The molecule has 16 heavy (non-hydrogen) atoms. The summed E-state index contributed by atoms with van der Waals surface area (Å²) in [6, 6.07) is 0. The molecule has 0 saturated carbocycles. The van der Waals surface area contributed by atoms with Gasteiger partial charge in [-0.25, -0.2) is 0 Å². The molecular formula is C14H24O2. The first-order valence-corrected chi connectivity index (χ1v) is 5.78. The monoisotopic (exact) mass is 224 g/mol. The molecule has 2 atom stereocenters. The Labute approximate surface area is 99.1 Å². The molecule has 0 rings (SSSR count). The van der Waals surface area contributed by atoms with Crippen molar-refractivity contribution < 1.29 is 9.90 Å². The van der Waals surface area contributed by atoms with Crippen LogP contribution >= 0.6 is 0 Å². The van der Waals surface area contributed by atoms with Gasteiger partial charge in [-0.1, -0.05) is 17.7 Å². The summed E-state index contributed by atoms with van der Waals surface area (Å²) in [6.07, 6.45) is 5.67. The van der Waals surface area contributed by atoms with Crippen molar-refractivity contribution in [1.29, 1.82) is 0 Å². The molecule has 0 bridgehead atoms. The largest absolute Gasteiger partial charge is 0.386 e. The van der Waals surface area contributed by atoms with Gasteiger partial charge in [0, 0.05) is 5.92 Å².